The van der Waals surface area contributed by atoms with Crippen molar-refractivity contribution < 1.29 is 8.42 Å². The molecule has 0 bridgehead atoms. The minimum Gasteiger partial charge on any atom is -0.337 e. The van der Waals surface area contributed by atoms with Gasteiger partial charge < -0.3 is 4.57 Å². The van der Waals surface area contributed by atoms with Crippen LogP contribution in [0.3, 0.4) is 0 Å². The number of nitrogens with zero attached hydrogens (tertiary/aromatic N) is 3. The maximum Gasteiger partial charge on any atom is 0.282 e. The van der Waals surface area contributed by atoms with Crippen LogP contribution in [-0.2, 0) is 17.1 Å². The van der Waals surface area contributed by atoms with Crippen LogP contribution in [0.15, 0.2) is 35.5 Å². The Morgan fingerprint density at radius 2 is 2.05 bits per heavy atom. The summed E-state index contributed by atoms with van der Waals surface area (Å²) in [6, 6.07) is 7.28. The number of fused-ring (bicyclic) bond motifs is 1. The number of aromatic nitrogens is 4. The van der Waals surface area contributed by atoms with Gasteiger partial charge in [0.1, 0.15) is 5.82 Å². The van der Waals surface area contributed by atoms with E-state index in [0.717, 1.165) is 5.52 Å². The highest BCUT2D eigenvalue weighted by Gasteiger charge is 2.20. The normalized spacial score (nSPS) is 11.9. The number of hydrogen-bond donors (Lipinski definition) is 2. The second kappa shape index (κ2) is 4.34. The van der Waals surface area contributed by atoms with Gasteiger partial charge in [0.2, 0.25) is 0 Å². The van der Waals surface area contributed by atoms with E-state index in [1.54, 1.807) is 24.6 Å². The van der Waals surface area contributed by atoms with Crippen LogP contribution in [0.1, 0.15) is 5.82 Å². The first-order chi connectivity index (χ1) is 9.47. The number of anilines is 1. The molecule has 2 N–H and O–H groups in total. The van der Waals surface area contributed by atoms with Gasteiger partial charge in [0, 0.05) is 18.6 Å². The van der Waals surface area contributed by atoms with Gasteiger partial charge in [-0.1, -0.05) is 12.1 Å². The van der Waals surface area contributed by atoms with E-state index in [2.05, 4.69) is 19.9 Å². The lowest BCUT2D eigenvalue weighted by atomic mass is 10.2. The van der Waals surface area contributed by atoms with Crippen LogP contribution in [0.2, 0.25) is 0 Å². The van der Waals surface area contributed by atoms with Gasteiger partial charge in [0.15, 0.2) is 10.8 Å². The summed E-state index contributed by atoms with van der Waals surface area (Å²) in [5, 5.41) is 7.45. The largest absolute Gasteiger partial charge is 0.337 e. The smallest absolute Gasteiger partial charge is 0.282 e. The van der Waals surface area contributed by atoms with Gasteiger partial charge in [-0.05, 0) is 19.1 Å². The van der Waals surface area contributed by atoms with Gasteiger partial charge >= 0.3 is 0 Å². The molecule has 7 nitrogen and oxygen atoms in total. The summed E-state index contributed by atoms with van der Waals surface area (Å²) >= 11 is 0. The predicted molar refractivity (Wildman–Crippen MR) is 74.8 cm³/mol. The van der Waals surface area contributed by atoms with Gasteiger partial charge in [-0.15, -0.1) is 0 Å². The number of rotatable bonds is 3. The lowest BCUT2D eigenvalue weighted by molar-refractivity contribution is 0.598. The number of aryl methyl sites for hydroxylation is 2. The van der Waals surface area contributed by atoms with Gasteiger partial charge in [0.25, 0.3) is 10.0 Å². The van der Waals surface area contributed by atoms with Crippen molar-refractivity contribution >= 4 is 26.7 Å². The molecule has 0 radical (unpaired) electrons. The number of imidazole rings is 1. The number of nitrogens with one attached hydrogen (secondary N) is 2. The second-order valence-corrected chi connectivity index (χ2v) is 6.09. The fourth-order valence-corrected chi connectivity index (χ4v) is 2.94. The third-order valence-corrected chi connectivity index (χ3v) is 4.27. The SMILES string of the molecule is Cc1nc(S(=O)(=O)Nc2n[nH]c3ccccc23)cn1C. The van der Waals surface area contributed by atoms with Crippen molar-refractivity contribution in [2.45, 2.75) is 11.9 Å². The van der Waals surface area contributed by atoms with Crippen molar-refractivity contribution in [1.29, 1.82) is 0 Å². The highest BCUT2D eigenvalue weighted by atomic mass is 32.2. The zero-order valence-corrected chi connectivity index (χ0v) is 11.8. The summed E-state index contributed by atoms with van der Waals surface area (Å²) in [5.41, 5.74) is 0.766. The van der Waals surface area contributed by atoms with Gasteiger partial charge in [-0.2, -0.15) is 13.5 Å². The van der Waals surface area contributed by atoms with Gasteiger partial charge in [0.05, 0.1) is 5.52 Å². The zero-order valence-electron chi connectivity index (χ0n) is 11.0. The molecule has 0 aliphatic rings. The molecule has 2 heterocycles. The minimum absolute atomic E-state index is 0.0235. The van der Waals surface area contributed by atoms with Crippen LogP contribution in [0.4, 0.5) is 5.82 Å². The maximum absolute atomic E-state index is 12.3. The van der Waals surface area contributed by atoms with E-state index in [1.165, 1.54) is 6.20 Å². The number of para-hydroxylation sites is 1. The zero-order chi connectivity index (χ0) is 14.3. The molecule has 1 aromatic carbocycles. The Bertz CT molecular complexity index is 859. The highest BCUT2D eigenvalue weighted by molar-refractivity contribution is 7.92. The number of H-pyrrole nitrogens is 1. The summed E-state index contributed by atoms with van der Waals surface area (Å²) in [6.45, 7) is 1.74. The van der Waals surface area contributed by atoms with E-state index in [4.69, 9.17) is 0 Å². The van der Waals surface area contributed by atoms with Crippen molar-refractivity contribution in [2.24, 2.45) is 7.05 Å². The van der Waals surface area contributed by atoms with Crippen LogP contribution in [0, 0.1) is 6.92 Å². The van der Waals surface area contributed by atoms with E-state index >= 15 is 0 Å². The molecule has 0 saturated carbocycles. The van der Waals surface area contributed by atoms with Gasteiger partial charge in [-0.25, -0.2) is 4.98 Å². The second-order valence-electron chi connectivity index (χ2n) is 4.46. The third-order valence-electron chi connectivity index (χ3n) is 3.06. The number of benzene rings is 1. The highest BCUT2D eigenvalue weighted by Crippen LogP contribution is 2.22. The first-order valence-electron chi connectivity index (χ1n) is 5.93. The average molecular weight is 291 g/mol. The first kappa shape index (κ1) is 12.7. The molecule has 104 valence electrons. The van der Waals surface area contributed by atoms with E-state index in [-0.39, 0.29) is 10.8 Å². The van der Waals surface area contributed by atoms with Crippen molar-refractivity contribution in [3.63, 3.8) is 0 Å². The molecule has 0 fully saturated rings. The third kappa shape index (κ3) is 2.03. The molecule has 0 amide bonds. The summed E-state index contributed by atoms with van der Waals surface area (Å²) in [6.07, 6.45) is 1.46. The average Bonchev–Trinajstić information content (AvgIpc) is 2.95. The van der Waals surface area contributed by atoms with Crippen LogP contribution in [0.25, 0.3) is 10.9 Å². The maximum atomic E-state index is 12.3. The van der Waals surface area contributed by atoms with Crippen LogP contribution >= 0.6 is 0 Å². The molecular weight excluding hydrogens is 278 g/mol. The molecule has 2 aromatic heterocycles. The van der Waals surface area contributed by atoms with E-state index < -0.39 is 10.0 Å². The number of sulfonamides is 1. The summed E-state index contributed by atoms with van der Waals surface area (Å²) in [5.74, 6) is 0.890. The lowest BCUT2D eigenvalue weighted by Crippen LogP contribution is -2.14. The van der Waals surface area contributed by atoms with Crippen molar-refractivity contribution in [3.05, 3.63) is 36.3 Å². The Hall–Kier alpha value is -2.35. The molecule has 8 heteroatoms. The number of aromatic amines is 1. The van der Waals surface area contributed by atoms with Crippen LogP contribution in [0.5, 0.6) is 0 Å². The van der Waals surface area contributed by atoms with E-state index in [1.807, 2.05) is 18.2 Å². The molecular formula is C12H13N5O2S. The predicted octanol–water partition coefficient (Wildman–Crippen LogP) is 1.41. The van der Waals surface area contributed by atoms with Gasteiger partial charge in [-0.3, -0.25) is 9.82 Å². The molecule has 0 atom stereocenters. The molecule has 3 aromatic rings. The standard InChI is InChI=1S/C12H13N5O2S/c1-8-13-11(7-17(8)2)20(18,19)16-12-9-5-3-4-6-10(9)14-15-12/h3-7H,1-2H3,(H2,14,15,16). The molecule has 3 rings (SSSR count). The Morgan fingerprint density at radius 1 is 1.30 bits per heavy atom. The van der Waals surface area contributed by atoms with Crippen LogP contribution < -0.4 is 4.72 Å². The molecule has 0 saturated heterocycles. The quantitative estimate of drug-likeness (QED) is 0.763. The topological polar surface area (TPSA) is 92.7 Å². The van der Waals surface area contributed by atoms with Crippen molar-refractivity contribution in [3.8, 4) is 0 Å². The fraction of sp³-hybridized carbons (Fsp3) is 0.167. The molecule has 0 aliphatic carbocycles. The Balaban J connectivity index is 2.01. The van der Waals surface area contributed by atoms with Crippen molar-refractivity contribution in [2.75, 3.05) is 4.72 Å². The Kier molecular flexibility index (Phi) is 2.75. The lowest BCUT2D eigenvalue weighted by Gasteiger charge is -2.02. The molecule has 0 aliphatic heterocycles. The molecule has 20 heavy (non-hydrogen) atoms. The molecule has 0 unspecified atom stereocenters. The Labute approximate surface area is 115 Å². The first-order valence-corrected chi connectivity index (χ1v) is 7.41. The minimum atomic E-state index is -3.74. The van der Waals surface area contributed by atoms with Crippen molar-refractivity contribution in [1.82, 2.24) is 19.7 Å². The summed E-state index contributed by atoms with van der Waals surface area (Å²) < 4.78 is 28.6. The summed E-state index contributed by atoms with van der Waals surface area (Å²) in [7, 11) is -2.00. The van der Waals surface area contributed by atoms with Crippen LogP contribution in [-0.4, -0.2) is 28.2 Å². The fourth-order valence-electron chi connectivity index (χ4n) is 1.88. The number of hydrogen-bond acceptors (Lipinski definition) is 4. The monoisotopic (exact) mass is 291 g/mol. The van der Waals surface area contributed by atoms with E-state index in [9.17, 15) is 8.42 Å². The molecule has 0 spiro atoms. The summed E-state index contributed by atoms with van der Waals surface area (Å²) in [4.78, 5) is 4.02. The Morgan fingerprint density at radius 3 is 2.75 bits per heavy atom. The van der Waals surface area contributed by atoms with E-state index in [0.29, 0.717) is 11.2 Å².